The maximum absolute atomic E-state index is 12.2. The molecule has 0 radical (unpaired) electrons. The predicted octanol–water partition coefficient (Wildman–Crippen LogP) is 2.87. The number of methoxy groups -OCH3 is 2. The Morgan fingerprint density at radius 2 is 1.41 bits per heavy atom. The van der Waals surface area contributed by atoms with Crippen molar-refractivity contribution in [1.82, 2.24) is 4.90 Å². The molecule has 7 nitrogen and oxygen atoms in total. The number of carbonyl (C=O) groups excluding carboxylic acids is 2. The summed E-state index contributed by atoms with van der Waals surface area (Å²) in [6, 6.07) is 11.9. The second-order valence-electron chi connectivity index (χ2n) is 5.85. The van der Waals surface area contributed by atoms with Crippen LogP contribution in [0.25, 0.3) is 0 Å². The highest BCUT2D eigenvalue weighted by molar-refractivity contribution is 6.30. The van der Waals surface area contributed by atoms with E-state index in [9.17, 15) is 9.59 Å². The molecule has 0 aromatic heterocycles. The van der Waals surface area contributed by atoms with Crippen molar-refractivity contribution < 1.29 is 19.1 Å². The minimum atomic E-state index is -0.246. The predicted molar refractivity (Wildman–Crippen MR) is 106 cm³/mol. The molecule has 0 spiro atoms. The quantitative estimate of drug-likeness (QED) is 0.723. The van der Waals surface area contributed by atoms with Crippen molar-refractivity contribution in [1.29, 1.82) is 0 Å². The minimum Gasteiger partial charge on any atom is -0.493 e. The summed E-state index contributed by atoms with van der Waals surface area (Å²) in [5.41, 5.74) is 1.23. The van der Waals surface area contributed by atoms with Gasteiger partial charge < -0.3 is 20.1 Å². The minimum absolute atomic E-state index is 0.0579. The lowest BCUT2D eigenvalue weighted by atomic mass is 10.2. The van der Waals surface area contributed by atoms with Gasteiger partial charge in [-0.05, 0) is 43.4 Å². The monoisotopic (exact) mass is 391 g/mol. The number of anilines is 2. The summed E-state index contributed by atoms with van der Waals surface area (Å²) < 4.78 is 10.4. The van der Waals surface area contributed by atoms with E-state index in [0.717, 1.165) is 0 Å². The lowest BCUT2D eigenvalue weighted by molar-refractivity contribution is -0.119. The molecule has 2 rings (SSSR count). The summed E-state index contributed by atoms with van der Waals surface area (Å²) in [4.78, 5) is 25.8. The molecule has 0 fully saturated rings. The van der Waals surface area contributed by atoms with Crippen molar-refractivity contribution in [2.75, 3.05) is 45.0 Å². The van der Waals surface area contributed by atoms with Crippen LogP contribution >= 0.6 is 11.6 Å². The molecule has 0 aliphatic heterocycles. The molecule has 0 saturated heterocycles. The van der Waals surface area contributed by atoms with E-state index in [4.69, 9.17) is 21.1 Å². The van der Waals surface area contributed by atoms with E-state index in [-0.39, 0.29) is 24.9 Å². The van der Waals surface area contributed by atoms with Crippen LogP contribution in [0.5, 0.6) is 11.5 Å². The second kappa shape index (κ2) is 9.80. The maximum atomic E-state index is 12.2. The Kier molecular flexibility index (Phi) is 7.45. The summed E-state index contributed by atoms with van der Waals surface area (Å²) in [7, 11) is 4.76. The molecule has 2 N–H and O–H groups in total. The third-order valence-corrected chi connectivity index (χ3v) is 3.87. The van der Waals surface area contributed by atoms with Crippen molar-refractivity contribution >= 4 is 34.8 Å². The first-order valence-corrected chi connectivity index (χ1v) is 8.55. The summed E-state index contributed by atoms with van der Waals surface area (Å²) in [5, 5.41) is 6.11. The SMILES string of the molecule is COc1ccc(NC(=O)CN(C)CC(=O)Nc2ccc(Cl)cc2)cc1OC. The number of rotatable bonds is 8. The van der Waals surface area contributed by atoms with Crippen LogP contribution < -0.4 is 20.1 Å². The van der Waals surface area contributed by atoms with E-state index in [1.165, 1.54) is 7.11 Å². The van der Waals surface area contributed by atoms with Gasteiger partial charge in [-0.1, -0.05) is 11.6 Å². The van der Waals surface area contributed by atoms with E-state index in [0.29, 0.717) is 27.9 Å². The number of ether oxygens (including phenoxy) is 2. The van der Waals surface area contributed by atoms with Crippen molar-refractivity contribution in [3.63, 3.8) is 0 Å². The standard InChI is InChI=1S/C19H22ClN3O4/c1-23(11-18(24)21-14-6-4-13(20)5-7-14)12-19(25)22-15-8-9-16(26-2)17(10-15)27-3/h4-10H,11-12H2,1-3H3,(H,21,24)(H,22,25). The Balaban J connectivity index is 1.84. The van der Waals surface area contributed by atoms with Crippen LogP contribution in [0.4, 0.5) is 11.4 Å². The lowest BCUT2D eigenvalue weighted by Gasteiger charge is -2.16. The van der Waals surface area contributed by atoms with E-state index in [1.807, 2.05) is 0 Å². The molecule has 0 atom stereocenters. The maximum Gasteiger partial charge on any atom is 0.238 e. The molecule has 0 aliphatic carbocycles. The third kappa shape index (κ3) is 6.47. The molecule has 27 heavy (non-hydrogen) atoms. The van der Waals surface area contributed by atoms with Gasteiger partial charge in [-0.2, -0.15) is 0 Å². The number of hydrogen-bond donors (Lipinski definition) is 2. The Hall–Kier alpha value is -2.77. The lowest BCUT2D eigenvalue weighted by Crippen LogP contribution is -2.36. The van der Waals surface area contributed by atoms with Gasteiger partial charge in [-0.25, -0.2) is 0 Å². The average Bonchev–Trinajstić information content (AvgIpc) is 2.63. The van der Waals surface area contributed by atoms with Crippen molar-refractivity contribution in [2.24, 2.45) is 0 Å². The summed E-state index contributed by atoms with van der Waals surface area (Å²) in [6.07, 6.45) is 0. The molecule has 8 heteroatoms. The third-order valence-electron chi connectivity index (χ3n) is 3.62. The van der Waals surface area contributed by atoms with E-state index in [1.54, 1.807) is 61.5 Å². The van der Waals surface area contributed by atoms with Crippen molar-refractivity contribution in [2.45, 2.75) is 0 Å². The van der Waals surface area contributed by atoms with Crippen LogP contribution in [-0.4, -0.2) is 51.1 Å². The topological polar surface area (TPSA) is 79.9 Å². The van der Waals surface area contributed by atoms with Gasteiger partial charge in [0.1, 0.15) is 0 Å². The van der Waals surface area contributed by atoms with Crippen LogP contribution in [0.3, 0.4) is 0 Å². The Bertz CT molecular complexity index is 796. The number of amides is 2. The van der Waals surface area contributed by atoms with Gasteiger partial charge >= 0.3 is 0 Å². The first-order chi connectivity index (χ1) is 12.9. The van der Waals surface area contributed by atoms with Gasteiger partial charge in [-0.15, -0.1) is 0 Å². The van der Waals surface area contributed by atoms with Crippen LogP contribution in [-0.2, 0) is 9.59 Å². The number of hydrogen-bond acceptors (Lipinski definition) is 5. The zero-order valence-corrected chi connectivity index (χ0v) is 16.2. The first-order valence-electron chi connectivity index (χ1n) is 8.17. The Morgan fingerprint density at radius 3 is 1.96 bits per heavy atom. The Morgan fingerprint density at radius 1 is 0.889 bits per heavy atom. The highest BCUT2D eigenvalue weighted by Gasteiger charge is 2.12. The molecule has 0 bridgehead atoms. The summed E-state index contributed by atoms with van der Waals surface area (Å²) >= 11 is 5.81. The van der Waals surface area contributed by atoms with Crippen LogP contribution in [0.2, 0.25) is 5.02 Å². The summed E-state index contributed by atoms with van der Waals surface area (Å²) in [5.74, 6) is 0.625. The molecule has 0 unspecified atom stereocenters. The normalized spacial score (nSPS) is 10.4. The van der Waals surface area contributed by atoms with E-state index in [2.05, 4.69) is 10.6 Å². The summed E-state index contributed by atoms with van der Waals surface area (Å²) in [6.45, 7) is 0.129. The van der Waals surface area contributed by atoms with Gasteiger partial charge in [0.2, 0.25) is 11.8 Å². The molecule has 2 aromatic carbocycles. The number of likely N-dealkylation sites (N-methyl/N-ethyl adjacent to an activating group) is 1. The number of halogens is 1. The highest BCUT2D eigenvalue weighted by atomic mass is 35.5. The molecule has 2 amide bonds. The first kappa shape index (κ1) is 20.5. The fraction of sp³-hybridized carbons (Fsp3) is 0.263. The molecular weight excluding hydrogens is 370 g/mol. The van der Waals surface area contributed by atoms with E-state index < -0.39 is 0 Å². The number of benzene rings is 2. The van der Waals surface area contributed by atoms with Gasteiger partial charge in [0.15, 0.2) is 11.5 Å². The number of nitrogens with zero attached hydrogens (tertiary/aromatic N) is 1. The number of nitrogens with one attached hydrogen (secondary N) is 2. The van der Waals surface area contributed by atoms with Gasteiger partial charge in [0.25, 0.3) is 0 Å². The van der Waals surface area contributed by atoms with Gasteiger partial charge in [0.05, 0.1) is 27.3 Å². The van der Waals surface area contributed by atoms with Gasteiger partial charge in [-0.3, -0.25) is 14.5 Å². The van der Waals surface area contributed by atoms with Gasteiger partial charge in [0, 0.05) is 22.5 Å². The fourth-order valence-electron chi connectivity index (χ4n) is 2.39. The van der Waals surface area contributed by atoms with Crippen LogP contribution in [0.15, 0.2) is 42.5 Å². The smallest absolute Gasteiger partial charge is 0.238 e. The van der Waals surface area contributed by atoms with E-state index >= 15 is 0 Å². The highest BCUT2D eigenvalue weighted by Crippen LogP contribution is 2.29. The van der Waals surface area contributed by atoms with Crippen LogP contribution in [0, 0.1) is 0 Å². The molecule has 0 saturated carbocycles. The fourth-order valence-corrected chi connectivity index (χ4v) is 2.52. The molecular formula is C19H22ClN3O4. The molecule has 0 heterocycles. The zero-order valence-electron chi connectivity index (χ0n) is 15.4. The molecule has 0 aliphatic rings. The van der Waals surface area contributed by atoms with Crippen LogP contribution in [0.1, 0.15) is 0 Å². The van der Waals surface area contributed by atoms with Crippen molar-refractivity contribution in [3.8, 4) is 11.5 Å². The van der Waals surface area contributed by atoms with Crippen molar-refractivity contribution in [3.05, 3.63) is 47.5 Å². The molecule has 144 valence electrons. The molecule has 2 aromatic rings. The average molecular weight is 392 g/mol. The zero-order chi connectivity index (χ0) is 19.8. The second-order valence-corrected chi connectivity index (χ2v) is 6.28. The largest absolute Gasteiger partial charge is 0.493 e. The number of carbonyl (C=O) groups is 2. The Labute approximate surface area is 163 Å².